The fourth-order valence-corrected chi connectivity index (χ4v) is 3.18. The first-order chi connectivity index (χ1) is 8.36. The Bertz CT molecular complexity index is 201. The monoisotopic (exact) mass is 275 g/mol. The van der Waals surface area contributed by atoms with Crippen molar-refractivity contribution >= 4 is 12.4 Å². The molecule has 4 heteroatoms. The highest BCUT2D eigenvalue weighted by Gasteiger charge is 2.19. The van der Waals surface area contributed by atoms with Crippen molar-refractivity contribution in [2.45, 2.75) is 44.6 Å². The minimum atomic E-state index is 0. The van der Waals surface area contributed by atoms with Gasteiger partial charge in [0.05, 0.1) is 0 Å². The van der Waals surface area contributed by atoms with Gasteiger partial charge in [-0.3, -0.25) is 0 Å². The lowest BCUT2D eigenvalue weighted by atomic mass is 9.98. The smallest absolute Gasteiger partial charge is 0.0107 e. The van der Waals surface area contributed by atoms with Gasteiger partial charge in [0.2, 0.25) is 0 Å². The second-order valence-corrected chi connectivity index (χ2v) is 5.82. The van der Waals surface area contributed by atoms with E-state index >= 15 is 0 Å². The summed E-state index contributed by atoms with van der Waals surface area (Å²) in [6, 6.07) is 0.871. The maximum absolute atomic E-state index is 3.64. The second kappa shape index (κ2) is 9.13. The molecule has 0 aromatic carbocycles. The standard InChI is InChI=1S/C14H29N3.ClH/c1-17(14-4-2-3-5-14)11-10-16-12-13-6-8-15-9-7-13;/h13-16H,2-12H2,1H3;1H. The Morgan fingerprint density at radius 3 is 2.44 bits per heavy atom. The Balaban J connectivity index is 0.00000162. The number of piperidine rings is 1. The fraction of sp³-hybridized carbons (Fsp3) is 1.00. The van der Waals surface area contributed by atoms with Crippen LogP contribution >= 0.6 is 12.4 Å². The van der Waals surface area contributed by atoms with Crippen LogP contribution in [0.1, 0.15) is 38.5 Å². The van der Waals surface area contributed by atoms with Crippen molar-refractivity contribution in [3.8, 4) is 0 Å². The molecule has 3 nitrogen and oxygen atoms in total. The molecule has 0 unspecified atom stereocenters. The molecule has 1 aliphatic heterocycles. The predicted octanol–water partition coefficient (Wildman–Crippen LogP) is 1.87. The lowest BCUT2D eigenvalue weighted by Gasteiger charge is -2.26. The van der Waals surface area contributed by atoms with Crippen molar-refractivity contribution in [2.75, 3.05) is 39.8 Å². The fourth-order valence-electron chi connectivity index (χ4n) is 3.18. The lowest BCUT2D eigenvalue weighted by molar-refractivity contribution is 0.242. The van der Waals surface area contributed by atoms with Crippen LogP contribution < -0.4 is 10.6 Å². The summed E-state index contributed by atoms with van der Waals surface area (Å²) in [5.74, 6) is 0.910. The minimum Gasteiger partial charge on any atom is -0.317 e. The van der Waals surface area contributed by atoms with E-state index in [0.717, 1.165) is 18.5 Å². The maximum Gasteiger partial charge on any atom is 0.0107 e. The van der Waals surface area contributed by atoms with Crippen molar-refractivity contribution in [1.82, 2.24) is 15.5 Å². The SMILES string of the molecule is CN(CCNCC1CCNCC1)C1CCCC1.Cl. The Kier molecular flexibility index (Phi) is 8.23. The highest BCUT2D eigenvalue weighted by atomic mass is 35.5. The highest BCUT2D eigenvalue weighted by Crippen LogP contribution is 2.21. The van der Waals surface area contributed by atoms with E-state index in [0.29, 0.717) is 0 Å². The van der Waals surface area contributed by atoms with E-state index in [1.807, 2.05) is 0 Å². The van der Waals surface area contributed by atoms with Crippen molar-refractivity contribution in [3.63, 3.8) is 0 Å². The molecular weight excluding hydrogens is 246 g/mol. The molecule has 0 radical (unpaired) electrons. The van der Waals surface area contributed by atoms with Gasteiger partial charge in [-0.2, -0.15) is 0 Å². The molecule has 1 heterocycles. The third-order valence-electron chi connectivity index (χ3n) is 4.48. The Hall–Kier alpha value is 0.170. The van der Waals surface area contributed by atoms with Gasteiger partial charge < -0.3 is 15.5 Å². The average Bonchev–Trinajstić information content (AvgIpc) is 2.89. The Morgan fingerprint density at radius 2 is 1.78 bits per heavy atom. The first-order valence-electron chi connectivity index (χ1n) is 7.48. The van der Waals surface area contributed by atoms with Crippen LogP contribution in [0, 0.1) is 5.92 Å². The number of hydrogen-bond acceptors (Lipinski definition) is 3. The average molecular weight is 276 g/mol. The van der Waals surface area contributed by atoms with Crippen LogP contribution in [0.25, 0.3) is 0 Å². The predicted molar refractivity (Wildman–Crippen MR) is 80.6 cm³/mol. The molecule has 0 amide bonds. The number of likely N-dealkylation sites (N-methyl/N-ethyl adjacent to an activating group) is 1. The van der Waals surface area contributed by atoms with Crippen LogP contribution in [-0.4, -0.2) is 50.7 Å². The summed E-state index contributed by atoms with van der Waals surface area (Å²) in [7, 11) is 2.29. The number of halogens is 1. The van der Waals surface area contributed by atoms with E-state index in [-0.39, 0.29) is 12.4 Å². The topological polar surface area (TPSA) is 27.3 Å². The molecule has 0 bridgehead atoms. The van der Waals surface area contributed by atoms with Gasteiger partial charge in [0.25, 0.3) is 0 Å². The highest BCUT2D eigenvalue weighted by molar-refractivity contribution is 5.85. The molecule has 2 rings (SSSR count). The van der Waals surface area contributed by atoms with Crippen LogP contribution in [0.4, 0.5) is 0 Å². The molecule has 1 saturated carbocycles. The molecule has 2 N–H and O–H groups in total. The van der Waals surface area contributed by atoms with E-state index in [4.69, 9.17) is 0 Å². The van der Waals surface area contributed by atoms with Crippen molar-refractivity contribution in [1.29, 1.82) is 0 Å². The lowest BCUT2D eigenvalue weighted by Crippen LogP contribution is -2.38. The normalized spacial score (nSPS) is 22.3. The molecule has 18 heavy (non-hydrogen) atoms. The zero-order chi connectivity index (χ0) is 11.9. The van der Waals surface area contributed by atoms with Crippen LogP contribution in [0.3, 0.4) is 0 Å². The van der Waals surface area contributed by atoms with Crippen molar-refractivity contribution < 1.29 is 0 Å². The van der Waals surface area contributed by atoms with Gasteiger partial charge in [-0.1, -0.05) is 12.8 Å². The molecule has 1 aliphatic carbocycles. The van der Waals surface area contributed by atoms with E-state index in [1.165, 1.54) is 64.7 Å². The zero-order valence-corrected chi connectivity index (χ0v) is 12.6. The van der Waals surface area contributed by atoms with Gasteiger partial charge in [0, 0.05) is 19.1 Å². The third kappa shape index (κ3) is 5.43. The van der Waals surface area contributed by atoms with E-state index < -0.39 is 0 Å². The van der Waals surface area contributed by atoms with E-state index in [1.54, 1.807) is 0 Å². The van der Waals surface area contributed by atoms with Crippen molar-refractivity contribution in [2.24, 2.45) is 5.92 Å². The summed E-state index contributed by atoms with van der Waals surface area (Å²) in [5, 5.41) is 7.06. The Morgan fingerprint density at radius 1 is 1.11 bits per heavy atom. The maximum atomic E-state index is 3.64. The molecule has 108 valence electrons. The Labute approximate surface area is 118 Å². The number of hydrogen-bond donors (Lipinski definition) is 2. The van der Waals surface area contributed by atoms with Gasteiger partial charge in [0.1, 0.15) is 0 Å². The minimum absolute atomic E-state index is 0. The first-order valence-corrected chi connectivity index (χ1v) is 7.48. The van der Waals surface area contributed by atoms with E-state index in [2.05, 4.69) is 22.6 Å². The summed E-state index contributed by atoms with van der Waals surface area (Å²) in [6.07, 6.45) is 8.43. The summed E-state index contributed by atoms with van der Waals surface area (Å²) >= 11 is 0. The van der Waals surface area contributed by atoms with Crippen molar-refractivity contribution in [3.05, 3.63) is 0 Å². The van der Waals surface area contributed by atoms with Gasteiger partial charge in [-0.15, -0.1) is 12.4 Å². The van der Waals surface area contributed by atoms with Gasteiger partial charge in [-0.25, -0.2) is 0 Å². The van der Waals surface area contributed by atoms with Gasteiger partial charge in [0.15, 0.2) is 0 Å². The number of rotatable bonds is 6. The molecule has 0 aromatic rings. The third-order valence-corrected chi connectivity index (χ3v) is 4.48. The molecule has 2 fully saturated rings. The molecule has 0 spiro atoms. The van der Waals surface area contributed by atoms with Crippen LogP contribution in [0.2, 0.25) is 0 Å². The molecule has 2 aliphatic rings. The largest absolute Gasteiger partial charge is 0.317 e. The number of nitrogens with zero attached hydrogens (tertiary/aromatic N) is 1. The van der Waals surface area contributed by atoms with Crippen LogP contribution in [0.5, 0.6) is 0 Å². The summed E-state index contributed by atoms with van der Waals surface area (Å²) in [5.41, 5.74) is 0. The van der Waals surface area contributed by atoms with Gasteiger partial charge in [-0.05, 0) is 58.3 Å². The molecule has 0 aromatic heterocycles. The molecule has 1 saturated heterocycles. The van der Waals surface area contributed by atoms with E-state index in [9.17, 15) is 0 Å². The number of nitrogens with one attached hydrogen (secondary N) is 2. The molecular formula is C14H30ClN3. The molecule has 0 atom stereocenters. The quantitative estimate of drug-likeness (QED) is 0.725. The zero-order valence-electron chi connectivity index (χ0n) is 11.8. The van der Waals surface area contributed by atoms with Crippen LogP contribution in [-0.2, 0) is 0 Å². The van der Waals surface area contributed by atoms with Crippen LogP contribution in [0.15, 0.2) is 0 Å². The summed E-state index contributed by atoms with van der Waals surface area (Å²) in [4.78, 5) is 2.56. The van der Waals surface area contributed by atoms with Gasteiger partial charge >= 0.3 is 0 Å². The second-order valence-electron chi connectivity index (χ2n) is 5.82. The first kappa shape index (κ1) is 16.2. The summed E-state index contributed by atoms with van der Waals surface area (Å²) in [6.45, 7) is 6.04. The summed E-state index contributed by atoms with van der Waals surface area (Å²) < 4.78 is 0.